The van der Waals surface area contributed by atoms with Gasteiger partial charge in [0.25, 0.3) is 0 Å². The Kier molecular flexibility index (Phi) is 4.16. The molecule has 0 amide bonds. The van der Waals surface area contributed by atoms with Crippen molar-refractivity contribution < 1.29 is 0 Å². The third-order valence-corrected chi connectivity index (χ3v) is 2.96. The van der Waals surface area contributed by atoms with Crippen LogP contribution in [-0.2, 0) is 0 Å². The number of hydrogen-bond donors (Lipinski definition) is 2. The van der Waals surface area contributed by atoms with Crippen LogP contribution >= 0.6 is 0 Å². The molecular formula is C10H23N3. The average Bonchev–Trinajstić information content (AvgIpc) is 2.16. The van der Waals surface area contributed by atoms with Crippen molar-refractivity contribution in [2.45, 2.75) is 25.8 Å². The van der Waals surface area contributed by atoms with Crippen LogP contribution in [0, 0.1) is 0 Å². The monoisotopic (exact) mass is 185 g/mol. The highest BCUT2D eigenvalue weighted by molar-refractivity contribution is 4.84. The molecule has 1 aliphatic heterocycles. The summed E-state index contributed by atoms with van der Waals surface area (Å²) in [6.07, 6.45) is 1.23. The molecule has 1 heterocycles. The molecule has 1 saturated heterocycles. The van der Waals surface area contributed by atoms with E-state index in [0.717, 1.165) is 19.6 Å². The number of nitrogens with one attached hydrogen (secondary N) is 2. The summed E-state index contributed by atoms with van der Waals surface area (Å²) in [5.74, 6) is 0. The van der Waals surface area contributed by atoms with Crippen molar-refractivity contribution in [1.82, 2.24) is 15.5 Å². The van der Waals surface area contributed by atoms with E-state index in [4.69, 9.17) is 0 Å². The second-order valence-electron chi connectivity index (χ2n) is 4.40. The van der Waals surface area contributed by atoms with Crippen molar-refractivity contribution in [2.75, 3.05) is 39.8 Å². The van der Waals surface area contributed by atoms with E-state index in [1.165, 1.54) is 19.5 Å². The van der Waals surface area contributed by atoms with Gasteiger partial charge >= 0.3 is 0 Å². The maximum atomic E-state index is 3.39. The Morgan fingerprint density at radius 2 is 1.92 bits per heavy atom. The van der Waals surface area contributed by atoms with Gasteiger partial charge in [-0.3, -0.25) is 4.90 Å². The van der Waals surface area contributed by atoms with Gasteiger partial charge in [-0.05, 0) is 33.9 Å². The Labute approximate surface area is 81.9 Å². The van der Waals surface area contributed by atoms with Crippen LogP contribution in [0.1, 0.15) is 20.3 Å². The molecule has 2 N–H and O–H groups in total. The summed E-state index contributed by atoms with van der Waals surface area (Å²) < 4.78 is 0. The molecule has 0 atom stereocenters. The van der Waals surface area contributed by atoms with E-state index in [9.17, 15) is 0 Å². The zero-order chi connectivity index (χ0) is 9.73. The minimum absolute atomic E-state index is 0.352. The van der Waals surface area contributed by atoms with Gasteiger partial charge in [-0.1, -0.05) is 0 Å². The first-order chi connectivity index (χ1) is 6.17. The van der Waals surface area contributed by atoms with Crippen molar-refractivity contribution in [3.8, 4) is 0 Å². The first-order valence-electron chi connectivity index (χ1n) is 5.27. The average molecular weight is 185 g/mol. The second-order valence-corrected chi connectivity index (χ2v) is 4.40. The molecule has 3 heteroatoms. The lowest BCUT2D eigenvalue weighted by Gasteiger charge is -2.41. The molecule has 0 aromatic rings. The van der Waals surface area contributed by atoms with Crippen molar-refractivity contribution in [3.05, 3.63) is 0 Å². The molecule has 1 rings (SSSR count). The van der Waals surface area contributed by atoms with E-state index < -0.39 is 0 Å². The molecule has 78 valence electrons. The van der Waals surface area contributed by atoms with Crippen LogP contribution in [0.15, 0.2) is 0 Å². The smallest absolute Gasteiger partial charge is 0.0166 e. The minimum atomic E-state index is 0.352. The van der Waals surface area contributed by atoms with Crippen molar-refractivity contribution >= 4 is 0 Å². The lowest BCUT2D eigenvalue weighted by atomic mass is 9.97. The molecule has 0 radical (unpaired) electrons. The third kappa shape index (κ3) is 3.25. The largest absolute Gasteiger partial charge is 0.320 e. The highest BCUT2D eigenvalue weighted by Crippen LogP contribution is 2.18. The van der Waals surface area contributed by atoms with Crippen LogP contribution in [0.5, 0.6) is 0 Å². The van der Waals surface area contributed by atoms with Crippen LogP contribution < -0.4 is 10.6 Å². The Hall–Kier alpha value is -0.120. The SMILES string of the molecule is CNCCC(C)(C)N1CCNCC1. The van der Waals surface area contributed by atoms with Gasteiger partial charge in [-0.25, -0.2) is 0 Å². The molecule has 0 aliphatic carbocycles. The van der Waals surface area contributed by atoms with Crippen molar-refractivity contribution in [2.24, 2.45) is 0 Å². The molecule has 0 aromatic carbocycles. The molecule has 1 aliphatic rings. The molecular weight excluding hydrogens is 162 g/mol. The van der Waals surface area contributed by atoms with Crippen LogP contribution in [0.3, 0.4) is 0 Å². The van der Waals surface area contributed by atoms with Gasteiger partial charge in [0.2, 0.25) is 0 Å². The lowest BCUT2D eigenvalue weighted by Crippen LogP contribution is -2.54. The highest BCUT2D eigenvalue weighted by Gasteiger charge is 2.26. The minimum Gasteiger partial charge on any atom is -0.320 e. The highest BCUT2D eigenvalue weighted by atomic mass is 15.2. The Morgan fingerprint density at radius 3 is 2.46 bits per heavy atom. The van der Waals surface area contributed by atoms with Gasteiger partial charge in [0, 0.05) is 31.7 Å². The Morgan fingerprint density at radius 1 is 1.31 bits per heavy atom. The Bertz CT molecular complexity index is 139. The van der Waals surface area contributed by atoms with Crippen LogP contribution in [0.2, 0.25) is 0 Å². The summed E-state index contributed by atoms with van der Waals surface area (Å²) >= 11 is 0. The fourth-order valence-corrected chi connectivity index (χ4v) is 1.86. The van der Waals surface area contributed by atoms with Crippen LogP contribution in [0.25, 0.3) is 0 Å². The van der Waals surface area contributed by atoms with E-state index in [1.807, 2.05) is 7.05 Å². The maximum absolute atomic E-state index is 3.39. The maximum Gasteiger partial charge on any atom is 0.0166 e. The van der Waals surface area contributed by atoms with Crippen molar-refractivity contribution in [3.63, 3.8) is 0 Å². The Balaban J connectivity index is 2.36. The molecule has 0 unspecified atom stereocenters. The quantitative estimate of drug-likeness (QED) is 0.659. The first kappa shape index (κ1) is 11.0. The standard InChI is InChI=1S/C10H23N3/c1-10(2,4-5-11-3)13-8-6-12-7-9-13/h11-12H,4-9H2,1-3H3. The summed E-state index contributed by atoms with van der Waals surface area (Å²) in [7, 11) is 2.02. The number of piperazine rings is 1. The van der Waals surface area contributed by atoms with E-state index in [2.05, 4.69) is 29.4 Å². The van der Waals surface area contributed by atoms with E-state index >= 15 is 0 Å². The molecule has 0 aromatic heterocycles. The molecule has 1 fully saturated rings. The fourth-order valence-electron chi connectivity index (χ4n) is 1.86. The number of rotatable bonds is 4. The van der Waals surface area contributed by atoms with Crippen LogP contribution in [-0.4, -0.2) is 50.2 Å². The third-order valence-electron chi connectivity index (χ3n) is 2.96. The zero-order valence-corrected chi connectivity index (χ0v) is 9.19. The van der Waals surface area contributed by atoms with Gasteiger partial charge in [-0.15, -0.1) is 0 Å². The zero-order valence-electron chi connectivity index (χ0n) is 9.19. The summed E-state index contributed by atoms with van der Waals surface area (Å²) in [6, 6.07) is 0. The summed E-state index contributed by atoms with van der Waals surface area (Å²) in [5.41, 5.74) is 0.352. The van der Waals surface area contributed by atoms with E-state index in [0.29, 0.717) is 5.54 Å². The summed E-state index contributed by atoms with van der Waals surface area (Å²) in [6.45, 7) is 10.5. The van der Waals surface area contributed by atoms with E-state index in [-0.39, 0.29) is 0 Å². The van der Waals surface area contributed by atoms with E-state index in [1.54, 1.807) is 0 Å². The predicted octanol–water partition coefficient (Wildman–Crippen LogP) is 0.280. The topological polar surface area (TPSA) is 27.3 Å². The van der Waals surface area contributed by atoms with Crippen LogP contribution in [0.4, 0.5) is 0 Å². The first-order valence-corrected chi connectivity index (χ1v) is 5.27. The summed E-state index contributed by atoms with van der Waals surface area (Å²) in [5, 5.41) is 6.61. The summed E-state index contributed by atoms with van der Waals surface area (Å²) in [4.78, 5) is 2.58. The molecule has 13 heavy (non-hydrogen) atoms. The van der Waals surface area contributed by atoms with Crippen molar-refractivity contribution in [1.29, 1.82) is 0 Å². The number of nitrogens with zero attached hydrogens (tertiary/aromatic N) is 1. The molecule has 0 spiro atoms. The predicted molar refractivity (Wildman–Crippen MR) is 57.1 cm³/mol. The van der Waals surface area contributed by atoms with Gasteiger partial charge < -0.3 is 10.6 Å². The number of hydrogen-bond acceptors (Lipinski definition) is 3. The van der Waals surface area contributed by atoms with Gasteiger partial charge in [0.05, 0.1) is 0 Å². The van der Waals surface area contributed by atoms with Gasteiger partial charge in [0.1, 0.15) is 0 Å². The molecule has 3 nitrogen and oxygen atoms in total. The normalized spacial score (nSPS) is 20.5. The molecule has 0 bridgehead atoms. The fraction of sp³-hybridized carbons (Fsp3) is 1.00. The van der Waals surface area contributed by atoms with Gasteiger partial charge in [-0.2, -0.15) is 0 Å². The van der Waals surface area contributed by atoms with Gasteiger partial charge in [0.15, 0.2) is 0 Å². The molecule has 0 saturated carbocycles. The second kappa shape index (κ2) is 4.94. The lowest BCUT2D eigenvalue weighted by molar-refractivity contribution is 0.0961.